The highest BCUT2D eigenvalue weighted by Gasteiger charge is 2.29. The number of carbonyl (C=O) groups excluding carboxylic acids is 3. The van der Waals surface area contributed by atoms with Crippen molar-refractivity contribution in [3.63, 3.8) is 0 Å². The van der Waals surface area contributed by atoms with Crippen LogP contribution >= 0.6 is 11.6 Å². The molecule has 2 N–H and O–H groups in total. The van der Waals surface area contributed by atoms with Gasteiger partial charge < -0.3 is 15.5 Å². The predicted molar refractivity (Wildman–Crippen MR) is 107 cm³/mol. The highest BCUT2D eigenvalue weighted by molar-refractivity contribution is 6.30. The quantitative estimate of drug-likeness (QED) is 0.699. The molecule has 1 saturated carbocycles. The van der Waals surface area contributed by atoms with Crippen LogP contribution in [0.1, 0.15) is 44.6 Å². The van der Waals surface area contributed by atoms with Gasteiger partial charge in [0, 0.05) is 11.7 Å². The van der Waals surface area contributed by atoms with Gasteiger partial charge in [0.05, 0.1) is 13.1 Å². The van der Waals surface area contributed by atoms with Crippen LogP contribution in [0.15, 0.2) is 24.3 Å². The zero-order chi connectivity index (χ0) is 19.8. The molecule has 0 heterocycles. The molecule has 27 heavy (non-hydrogen) atoms. The third kappa shape index (κ3) is 6.86. The van der Waals surface area contributed by atoms with Gasteiger partial charge in [0.25, 0.3) is 0 Å². The summed E-state index contributed by atoms with van der Waals surface area (Å²) in [7, 11) is 0. The second-order valence-electron chi connectivity index (χ2n) is 7.07. The number of amides is 3. The maximum atomic E-state index is 12.4. The first-order valence-electron chi connectivity index (χ1n) is 9.44. The maximum absolute atomic E-state index is 12.4. The molecule has 6 nitrogen and oxygen atoms in total. The molecule has 1 atom stereocenters. The molecular formula is C20H28ClN3O3. The summed E-state index contributed by atoms with van der Waals surface area (Å²) in [5, 5.41) is 4.66. The predicted octanol–water partition coefficient (Wildman–Crippen LogP) is 2.84. The lowest BCUT2D eigenvalue weighted by molar-refractivity contribution is -0.138. The lowest BCUT2D eigenvalue weighted by Gasteiger charge is -2.34. The lowest BCUT2D eigenvalue weighted by Crippen LogP contribution is -2.50. The summed E-state index contributed by atoms with van der Waals surface area (Å²) in [6.07, 6.45) is 5.02. The van der Waals surface area contributed by atoms with E-state index in [1.54, 1.807) is 17.9 Å². The molecule has 1 aromatic rings. The van der Waals surface area contributed by atoms with E-state index in [4.69, 9.17) is 11.6 Å². The second kappa shape index (κ2) is 10.3. The molecular weight excluding hydrogens is 366 g/mol. The summed E-state index contributed by atoms with van der Waals surface area (Å²) < 4.78 is 0. The summed E-state index contributed by atoms with van der Waals surface area (Å²) in [5.41, 5.74) is 1.72. The van der Waals surface area contributed by atoms with Crippen LogP contribution in [-0.4, -0.2) is 47.1 Å². The monoisotopic (exact) mass is 393 g/mol. The number of hydrogen-bond acceptors (Lipinski definition) is 3. The summed E-state index contributed by atoms with van der Waals surface area (Å²) in [6, 6.07) is 7.47. The Morgan fingerprint density at radius 3 is 2.52 bits per heavy atom. The van der Waals surface area contributed by atoms with Gasteiger partial charge >= 0.3 is 0 Å². The molecule has 0 aliphatic heterocycles. The zero-order valence-electron chi connectivity index (χ0n) is 16.0. The average molecular weight is 394 g/mol. The number of nitrogens with one attached hydrogen (secondary N) is 2. The van der Waals surface area contributed by atoms with E-state index in [2.05, 4.69) is 10.6 Å². The smallest absolute Gasteiger partial charge is 0.243 e. The van der Waals surface area contributed by atoms with E-state index < -0.39 is 5.38 Å². The van der Waals surface area contributed by atoms with Gasteiger partial charge in [-0.05, 0) is 44.4 Å². The average Bonchev–Trinajstić information content (AvgIpc) is 2.64. The molecule has 1 fully saturated rings. The summed E-state index contributed by atoms with van der Waals surface area (Å²) in [5.74, 6) is -0.899. The lowest BCUT2D eigenvalue weighted by atomic mass is 9.94. The number of nitrogens with zero attached hydrogens (tertiary/aromatic N) is 1. The minimum absolute atomic E-state index is 0.0410. The van der Waals surface area contributed by atoms with E-state index in [-0.39, 0.29) is 36.9 Å². The largest absolute Gasteiger partial charge is 0.345 e. The number of anilines is 1. The number of aryl methyl sites for hydroxylation is 1. The van der Waals surface area contributed by atoms with Gasteiger partial charge in [0.15, 0.2) is 0 Å². The van der Waals surface area contributed by atoms with Gasteiger partial charge in [0.2, 0.25) is 17.7 Å². The molecule has 0 bridgehead atoms. The number of hydrogen-bond donors (Lipinski definition) is 2. The van der Waals surface area contributed by atoms with E-state index in [1.807, 2.05) is 25.1 Å². The van der Waals surface area contributed by atoms with Gasteiger partial charge in [-0.15, -0.1) is 11.6 Å². The topological polar surface area (TPSA) is 78.5 Å². The molecule has 1 aliphatic rings. The van der Waals surface area contributed by atoms with E-state index in [0.717, 1.165) is 37.7 Å². The van der Waals surface area contributed by atoms with Gasteiger partial charge in [-0.3, -0.25) is 14.4 Å². The first kappa shape index (κ1) is 21.2. The molecule has 0 spiro atoms. The minimum atomic E-state index is -0.677. The second-order valence-corrected chi connectivity index (χ2v) is 7.72. The number of halogens is 1. The minimum Gasteiger partial charge on any atom is -0.345 e. The molecule has 0 aromatic heterocycles. The molecule has 2 rings (SSSR count). The van der Waals surface area contributed by atoms with Crippen molar-refractivity contribution in [3.8, 4) is 0 Å². The van der Waals surface area contributed by atoms with Crippen LogP contribution in [0.25, 0.3) is 0 Å². The zero-order valence-corrected chi connectivity index (χ0v) is 16.7. The number of alkyl halides is 1. The third-order valence-electron chi connectivity index (χ3n) is 4.70. The van der Waals surface area contributed by atoms with Crippen molar-refractivity contribution in [2.75, 3.05) is 18.4 Å². The molecule has 148 valence electrons. The summed E-state index contributed by atoms with van der Waals surface area (Å²) in [4.78, 5) is 38.3. The normalized spacial score (nSPS) is 15.7. The Hall–Kier alpha value is -2.08. The van der Waals surface area contributed by atoms with Crippen LogP contribution in [0, 0.1) is 6.92 Å². The van der Waals surface area contributed by atoms with Crippen LogP contribution in [0.3, 0.4) is 0 Å². The highest BCUT2D eigenvalue weighted by atomic mass is 35.5. The van der Waals surface area contributed by atoms with Gasteiger partial charge in [-0.25, -0.2) is 0 Å². The standard InChI is InChI=1S/C20H28ClN3O3/c1-14-7-6-8-16(11-14)23-18(25)12-22-19(26)13-24(20(27)15(2)21)17-9-4-3-5-10-17/h6-8,11,15,17H,3-5,9-10,12-13H2,1-2H3,(H,22,26)(H,23,25). The van der Waals surface area contributed by atoms with Crippen LogP contribution in [-0.2, 0) is 14.4 Å². The third-order valence-corrected chi connectivity index (χ3v) is 4.89. The Bertz CT molecular complexity index is 672. The number of carbonyl (C=O) groups is 3. The molecule has 1 aromatic carbocycles. The first-order chi connectivity index (χ1) is 12.9. The van der Waals surface area contributed by atoms with Crippen molar-refractivity contribution < 1.29 is 14.4 Å². The van der Waals surface area contributed by atoms with Gasteiger partial charge in [-0.2, -0.15) is 0 Å². The van der Waals surface area contributed by atoms with Crippen LogP contribution in [0.4, 0.5) is 5.69 Å². The SMILES string of the molecule is Cc1cccc(NC(=O)CNC(=O)CN(C(=O)C(C)Cl)C2CCCCC2)c1. The van der Waals surface area contributed by atoms with Gasteiger partial charge in [-0.1, -0.05) is 31.4 Å². The van der Waals surface area contributed by atoms with E-state index in [9.17, 15) is 14.4 Å². The van der Waals surface area contributed by atoms with Crippen LogP contribution < -0.4 is 10.6 Å². The van der Waals surface area contributed by atoms with Crippen LogP contribution in [0.5, 0.6) is 0 Å². The fraction of sp³-hybridized carbons (Fsp3) is 0.550. The van der Waals surface area contributed by atoms with Crippen molar-refractivity contribution in [2.24, 2.45) is 0 Å². The number of rotatable bonds is 7. The summed E-state index contributed by atoms with van der Waals surface area (Å²) >= 11 is 5.97. The molecule has 1 aliphatic carbocycles. The maximum Gasteiger partial charge on any atom is 0.243 e. The number of benzene rings is 1. The Morgan fingerprint density at radius 2 is 1.89 bits per heavy atom. The van der Waals surface area contributed by atoms with E-state index in [1.165, 1.54) is 0 Å². The van der Waals surface area contributed by atoms with E-state index >= 15 is 0 Å². The van der Waals surface area contributed by atoms with Crippen molar-refractivity contribution in [3.05, 3.63) is 29.8 Å². The Kier molecular flexibility index (Phi) is 8.10. The Balaban J connectivity index is 1.87. The van der Waals surface area contributed by atoms with Crippen molar-refractivity contribution in [2.45, 2.75) is 57.4 Å². The van der Waals surface area contributed by atoms with Crippen molar-refractivity contribution in [1.82, 2.24) is 10.2 Å². The van der Waals surface area contributed by atoms with Crippen LogP contribution in [0.2, 0.25) is 0 Å². The summed E-state index contributed by atoms with van der Waals surface area (Å²) in [6.45, 7) is 3.34. The Morgan fingerprint density at radius 1 is 1.19 bits per heavy atom. The van der Waals surface area contributed by atoms with Crippen molar-refractivity contribution in [1.29, 1.82) is 0 Å². The highest BCUT2D eigenvalue weighted by Crippen LogP contribution is 2.23. The Labute approximate surface area is 165 Å². The van der Waals surface area contributed by atoms with Crippen molar-refractivity contribution >= 4 is 35.0 Å². The molecule has 7 heteroatoms. The fourth-order valence-electron chi connectivity index (χ4n) is 3.33. The fourth-order valence-corrected chi connectivity index (χ4v) is 3.45. The molecule has 3 amide bonds. The first-order valence-corrected chi connectivity index (χ1v) is 9.88. The van der Waals surface area contributed by atoms with E-state index in [0.29, 0.717) is 5.69 Å². The molecule has 1 unspecified atom stereocenters. The molecule has 0 saturated heterocycles. The molecule has 0 radical (unpaired) electrons. The van der Waals surface area contributed by atoms with Gasteiger partial charge in [0.1, 0.15) is 5.38 Å².